The molecule has 2 heterocycles. The summed E-state index contributed by atoms with van der Waals surface area (Å²) in [7, 11) is 2.19. The SMILES string of the molecule is CCCCC12CNCC(C)(CN(C)C1)C2O. The summed E-state index contributed by atoms with van der Waals surface area (Å²) < 4.78 is 0. The van der Waals surface area contributed by atoms with E-state index in [-0.39, 0.29) is 16.9 Å². The fourth-order valence-corrected chi connectivity index (χ4v) is 3.86. The summed E-state index contributed by atoms with van der Waals surface area (Å²) in [5.74, 6) is 0. The molecular formula is C13H26N2O. The second kappa shape index (κ2) is 4.28. The zero-order chi connectivity index (χ0) is 11.8. The number of hydrogen-bond acceptors (Lipinski definition) is 3. The largest absolute Gasteiger partial charge is 0.392 e. The van der Waals surface area contributed by atoms with E-state index in [9.17, 15) is 5.11 Å². The van der Waals surface area contributed by atoms with Crippen molar-refractivity contribution in [2.45, 2.75) is 39.2 Å². The maximum absolute atomic E-state index is 10.7. The number of aliphatic hydroxyl groups is 1. The number of unbranched alkanes of at least 4 members (excludes halogenated alkanes) is 1. The number of hydrogen-bond donors (Lipinski definition) is 2. The Hall–Kier alpha value is -0.120. The minimum Gasteiger partial charge on any atom is -0.392 e. The Labute approximate surface area is 99.2 Å². The average molecular weight is 226 g/mol. The fourth-order valence-electron chi connectivity index (χ4n) is 3.86. The highest BCUT2D eigenvalue weighted by atomic mass is 16.3. The molecule has 3 heteroatoms. The standard InChI is InChI=1S/C13H26N2O/c1-4-5-6-13-8-14-7-12(2,11(13)16)9-15(3)10-13/h11,14,16H,4-10H2,1-3H3. The summed E-state index contributed by atoms with van der Waals surface area (Å²) in [4.78, 5) is 2.41. The third-order valence-corrected chi connectivity index (χ3v) is 4.49. The molecule has 2 fully saturated rings. The highest BCUT2D eigenvalue weighted by molar-refractivity contribution is 5.07. The topological polar surface area (TPSA) is 35.5 Å². The zero-order valence-electron chi connectivity index (χ0n) is 10.9. The van der Waals surface area contributed by atoms with Crippen LogP contribution in [0.3, 0.4) is 0 Å². The summed E-state index contributed by atoms with van der Waals surface area (Å²) in [6, 6.07) is 0. The lowest BCUT2D eigenvalue weighted by Crippen LogP contribution is -2.69. The van der Waals surface area contributed by atoms with E-state index < -0.39 is 0 Å². The smallest absolute Gasteiger partial charge is 0.0698 e. The Morgan fingerprint density at radius 1 is 1.38 bits per heavy atom. The molecule has 3 nitrogen and oxygen atoms in total. The van der Waals surface area contributed by atoms with Crippen LogP contribution in [-0.2, 0) is 0 Å². The molecule has 2 aliphatic rings. The first-order valence-electron chi connectivity index (χ1n) is 6.60. The normalized spacial score (nSPS) is 44.6. The summed E-state index contributed by atoms with van der Waals surface area (Å²) in [6.45, 7) is 8.43. The summed E-state index contributed by atoms with van der Waals surface area (Å²) in [5, 5.41) is 14.2. The molecular weight excluding hydrogens is 200 g/mol. The second-order valence-electron chi connectivity index (χ2n) is 6.30. The third kappa shape index (κ3) is 1.89. The third-order valence-electron chi connectivity index (χ3n) is 4.49. The van der Waals surface area contributed by atoms with Crippen LogP contribution in [-0.4, -0.2) is 49.3 Å². The van der Waals surface area contributed by atoms with Crippen molar-refractivity contribution in [3.8, 4) is 0 Å². The molecule has 3 unspecified atom stereocenters. The number of likely N-dealkylation sites (tertiary alicyclic amines) is 1. The fraction of sp³-hybridized carbons (Fsp3) is 1.00. The molecule has 0 amide bonds. The van der Waals surface area contributed by atoms with Gasteiger partial charge in [-0.3, -0.25) is 0 Å². The van der Waals surface area contributed by atoms with Gasteiger partial charge in [-0.25, -0.2) is 0 Å². The van der Waals surface area contributed by atoms with Crippen LogP contribution in [0.2, 0.25) is 0 Å². The van der Waals surface area contributed by atoms with Crippen LogP contribution in [0, 0.1) is 10.8 Å². The summed E-state index contributed by atoms with van der Waals surface area (Å²) in [6.07, 6.45) is 3.46. The minimum absolute atomic E-state index is 0.0407. The van der Waals surface area contributed by atoms with Crippen molar-refractivity contribution in [1.82, 2.24) is 10.2 Å². The Morgan fingerprint density at radius 3 is 2.81 bits per heavy atom. The maximum Gasteiger partial charge on any atom is 0.0698 e. The number of rotatable bonds is 3. The van der Waals surface area contributed by atoms with Crippen LogP contribution < -0.4 is 5.32 Å². The first-order chi connectivity index (χ1) is 7.52. The van der Waals surface area contributed by atoms with Gasteiger partial charge in [-0.2, -0.15) is 0 Å². The van der Waals surface area contributed by atoms with E-state index in [4.69, 9.17) is 0 Å². The molecule has 2 saturated heterocycles. The van der Waals surface area contributed by atoms with Gasteiger partial charge in [-0.15, -0.1) is 0 Å². The lowest BCUT2D eigenvalue weighted by atomic mass is 9.61. The molecule has 3 atom stereocenters. The van der Waals surface area contributed by atoms with Crippen LogP contribution in [0.25, 0.3) is 0 Å². The monoisotopic (exact) mass is 226 g/mol. The summed E-state index contributed by atoms with van der Waals surface area (Å²) in [5.41, 5.74) is 0.134. The average Bonchev–Trinajstić information content (AvgIpc) is 2.20. The van der Waals surface area contributed by atoms with E-state index in [0.29, 0.717) is 0 Å². The van der Waals surface area contributed by atoms with E-state index in [0.717, 1.165) is 32.6 Å². The van der Waals surface area contributed by atoms with Crippen molar-refractivity contribution >= 4 is 0 Å². The molecule has 2 aliphatic heterocycles. The Bertz CT molecular complexity index is 258. The van der Waals surface area contributed by atoms with Crippen molar-refractivity contribution in [2.75, 3.05) is 33.2 Å². The zero-order valence-corrected chi connectivity index (χ0v) is 10.9. The van der Waals surface area contributed by atoms with Gasteiger partial charge in [0.2, 0.25) is 0 Å². The molecule has 94 valence electrons. The maximum atomic E-state index is 10.7. The van der Waals surface area contributed by atoms with Gasteiger partial charge in [-0.1, -0.05) is 26.7 Å². The molecule has 0 aromatic rings. The number of piperidine rings is 2. The number of fused-ring (bicyclic) bond motifs is 2. The summed E-state index contributed by atoms with van der Waals surface area (Å²) >= 11 is 0. The van der Waals surface area contributed by atoms with Gasteiger partial charge in [0.05, 0.1) is 6.10 Å². The van der Waals surface area contributed by atoms with Gasteiger partial charge >= 0.3 is 0 Å². The predicted molar refractivity (Wildman–Crippen MR) is 66.4 cm³/mol. The molecule has 0 aromatic carbocycles. The van der Waals surface area contributed by atoms with Crippen LogP contribution in [0.4, 0.5) is 0 Å². The van der Waals surface area contributed by atoms with Crippen LogP contribution in [0.5, 0.6) is 0 Å². The molecule has 0 saturated carbocycles. The Kier molecular flexibility index (Phi) is 3.30. The predicted octanol–water partition coefficient (Wildman–Crippen LogP) is 1.08. The highest BCUT2D eigenvalue weighted by Crippen LogP contribution is 2.45. The number of aliphatic hydroxyl groups excluding tert-OH is 1. The molecule has 0 aromatic heterocycles. The first kappa shape index (κ1) is 12.3. The van der Waals surface area contributed by atoms with Crippen LogP contribution in [0.15, 0.2) is 0 Å². The molecule has 2 rings (SSSR count). The van der Waals surface area contributed by atoms with Crippen LogP contribution >= 0.6 is 0 Å². The number of nitrogens with zero attached hydrogens (tertiary/aromatic N) is 1. The Morgan fingerprint density at radius 2 is 2.12 bits per heavy atom. The van der Waals surface area contributed by atoms with Gasteiger partial charge in [0.25, 0.3) is 0 Å². The van der Waals surface area contributed by atoms with E-state index in [1.807, 2.05) is 0 Å². The van der Waals surface area contributed by atoms with Gasteiger partial charge in [0.15, 0.2) is 0 Å². The van der Waals surface area contributed by atoms with E-state index in [1.165, 1.54) is 12.8 Å². The molecule has 2 bridgehead atoms. The lowest BCUT2D eigenvalue weighted by Gasteiger charge is -2.58. The molecule has 0 radical (unpaired) electrons. The number of nitrogens with one attached hydrogen (secondary N) is 1. The van der Waals surface area contributed by atoms with Gasteiger partial charge in [0, 0.05) is 37.0 Å². The molecule has 0 aliphatic carbocycles. The highest BCUT2D eigenvalue weighted by Gasteiger charge is 2.54. The molecule has 2 N–H and O–H groups in total. The second-order valence-corrected chi connectivity index (χ2v) is 6.30. The van der Waals surface area contributed by atoms with Crippen LogP contribution in [0.1, 0.15) is 33.1 Å². The van der Waals surface area contributed by atoms with Crippen molar-refractivity contribution in [1.29, 1.82) is 0 Å². The van der Waals surface area contributed by atoms with Crippen molar-refractivity contribution in [3.05, 3.63) is 0 Å². The van der Waals surface area contributed by atoms with Crippen molar-refractivity contribution in [2.24, 2.45) is 10.8 Å². The van der Waals surface area contributed by atoms with Gasteiger partial charge in [-0.05, 0) is 13.5 Å². The van der Waals surface area contributed by atoms with Gasteiger partial charge in [0.1, 0.15) is 0 Å². The van der Waals surface area contributed by atoms with E-state index in [2.05, 4.69) is 31.1 Å². The van der Waals surface area contributed by atoms with Crippen molar-refractivity contribution < 1.29 is 5.11 Å². The van der Waals surface area contributed by atoms with E-state index >= 15 is 0 Å². The quantitative estimate of drug-likeness (QED) is 0.756. The van der Waals surface area contributed by atoms with Gasteiger partial charge < -0.3 is 15.3 Å². The molecule has 16 heavy (non-hydrogen) atoms. The van der Waals surface area contributed by atoms with E-state index in [1.54, 1.807) is 0 Å². The van der Waals surface area contributed by atoms with Crippen molar-refractivity contribution in [3.63, 3.8) is 0 Å². The minimum atomic E-state index is -0.135. The first-order valence-corrected chi connectivity index (χ1v) is 6.60. The Balaban J connectivity index is 2.20. The molecule has 0 spiro atoms. The lowest BCUT2D eigenvalue weighted by molar-refractivity contribution is -0.147.